The first-order valence-corrected chi connectivity index (χ1v) is 8.10. The number of methoxy groups -OCH3 is 1. The highest BCUT2D eigenvalue weighted by atomic mass is 127. The second-order valence-corrected chi connectivity index (χ2v) is 5.44. The fourth-order valence-electron chi connectivity index (χ4n) is 2.25. The maximum absolute atomic E-state index is 5.43. The number of aliphatic imine (C=N–C) groups is 1. The van der Waals surface area contributed by atoms with Crippen molar-refractivity contribution in [2.24, 2.45) is 12.0 Å². The van der Waals surface area contributed by atoms with Crippen molar-refractivity contribution in [3.63, 3.8) is 0 Å². The molecule has 7 nitrogen and oxygen atoms in total. The zero-order chi connectivity index (χ0) is 17.1. The van der Waals surface area contributed by atoms with Gasteiger partial charge in [-0.1, -0.05) is 0 Å². The van der Waals surface area contributed by atoms with E-state index in [4.69, 9.17) is 9.47 Å². The smallest absolute Gasteiger partial charge is 0.191 e. The Morgan fingerprint density at radius 2 is 1.92 bits per heavy atom. The third-order valence-electron chi connectivity index (χ3n) is 3.75. The lowest BCUT2D eigenvalue weighted by molar-refractivity contribution is 0.0689. The van der Waals surface area contributed by atoms with Crippen LogP contribution in [-0.2, 0) is 23.1 Å². The average molecular weight is 453 g/mol. The summed E-state index contributed by atoms with van der Waals surface area (Å²) in [6.07, 6.45) is 2.06. The summed E-state index contributed by atoms with van der Waals surface area (Å²) in [6.45, 7) is 7.80. The number of nitrogens with zero attached hydrogens (tertiary/aromatic N) is 3. The van der Waals surface area contributed by atoms with E-state index in [1.54, 1.807) is 14.2 Å². The molecule has 0 aliphatic rings. The minimum absolute atomic E-state index is 0. The standard InChI is InChI=1S/C16H31N5O2.HI/c1-13-15(14(2)21(4)20-13)12-19-16(17-3)18-8-6-7-9-23-11-10-22-5;/h6-12H2,1-5H3,(H2,17,18,19);1H. The second-order valence-electron chi connectivity index (χ2n) is 5.44. The number of hydrogen-bond donors (Lipinski definition) is 2. The molecule has 0 fully saturated rings. The van der Waals surface area contributed by atoms with Gasteiger partial charge in [-0.3, -0.25) is 9.67 Å². The Kier molecular flexibility index (Phi) is 12.9. The zero-order valence-corrected chi connectivity index (χ0v) is 17.8. The lowest BCUT2D eigenvalue weighted by Gasteiger charge is -2.12. The molecule has 0 radical (unpaired) electrons. The van der Waals surface area contributed by atoms with E-state index in [0.29, 0.717) is 13.2 Å². The number of nitrogens with one attached hydrogen (secondary N) is 2. The van der Waals surface area contributed by atoms with Gasteiger partial charge >= 0.3 is 0 Å². The summed E-state index contributed by atoms with van der Waals surface area (Å²) >= 11 is 0. The lowest BCUT2D eigenvalue weighted by Crippen LogP contribution is -2.37. The summed E-state index contributed by atoms with van der Waals surface area (Å²) in [7, 11) is 5.43. The van der Waals surface area contributed by atoms with Gasteiger partial charge in [-0.05, 0) is 26.7 Å². The summed E-state index contributed by atoms with van der Waals surface area (Å²) in [6, 6.07) is 0. The number of rotatable bonds is 10. The van der Waals surface area contributed by atoms with E-state index in [9.17, 15) is 0 Å². The fraction of sp³-hybridized carbons (Fsp3) is 0.750. The van der Waals surface area contributed by atoms with E-state index in [1.165, 1.54) is 11.3 Å². The second kappa shape index (κ2) is 13.4. The van der Waals surface area contributed by atoms with Crippen LogP contribution in [0.2, 0.25) is 0 Å². The number of halogens is 1. The third-order valence-corrected chi connectivity index (χ3v) is 3.75. The van der Waals surface area contributed by atoms with Crippen LogP contribution in [0.5, 0.6) is 0 Å². The minimum atomic E-state index is 0. The quantitative estimate of drug-likeness (QED) is 0.245. The van der Waals surface area contributed by atoms with Gasteiger partial charge in [0.25, 0.3) is 0 Å². The van der Waals surface area contributed by atoms with Crippen molar-refractivity contribution in [3.05, 3.63) is 17.0 Å². The van der Waals surface area contributed by atoms with Crippen LogP contribution in [0.15, 0.2) is 4.99 Å². The Morgan fingerprint density at radius 1 is 1.17 bits per heavy atom. The number of guanidine groups is 1. The summed E-state index contributed by atoms with van der Waals surface area (Å²) in [5, 5.41) is 11.1. The molecule has 140 valence electrons. The summed E-state index contributed by atoms with van der Waals surface area (Å²) in [5.41, 5.74) is 3.46. The first-order valence-electron chi connectivity index (χ1n) is 8.10. The van der Waals surface area contributed by atoms with Crippen LogP contribution in [0.4, 0.5) is 0 Å². The normalized spacial score (nSPS) is 11.3. The average Bonchev–Trinajstić information content (AvgIpc) is 2.78. The van der Waals surface area contributed by atoms with Crippen LogP contribution >= 0.6 is 24.0 Å². The zero-order valence-electron chi connectivity index (χ0n) is 15.5. The van der Waals surface area contributed by atoms with Crippen LogP contribution < -0.4 is 10.6 Å². The summed E-state index contributed by atoms with van der Waals surface area (Å²) in [5.74, 6) is 0.813. The SMILES string of the molecule is CN=C(NCCCCOCCOC)NCc1c(C)nn(C)c1C.I. The van der Waals surface area contributed by atoms with Gasteiger partial charge in [0.15, 0.2) is 5.96 Å². The Bertz CT molecular complexity index is 491. The molecular weight excluding hydrogens is 421 g/mol. The molecule has 0 atom stereocenters. The van der Waals surface area contributed by atoms with Gasteiger partial charge in [0.2, 0.25) is 0 Å². The van der Waals surface area contributed by atoms with Crippen molar-refractivity contribution in [1.82, 2.24) is 20.4 Å². The molecule has 8 heteroatoms. The van der Waals surface area contributed by atoms with E-state index in [-0.39, 0.29) is 24.0 Å². The number of ether oxygens (including phenoxy) is 2. The maximum Gasteiger partial charge on any atom is 0.191 e. The molecular formula is C16H32IN5O2. The molecule has 0 spiro atoms. The maximum atomic E-state index is 5.43. The monoisotopic (exact) mass is 453 g/mol. The van der Waals surface area contributed by atoms with Gasteiger partial charge in [0.1, 0.15) is 0 Å². The van der Waals surface area contributed by atoms with Gasteiger partial charge < -0.3 is 20.1 Å². The van der Waals surface area contributed by atoms with Crippen molar-refractivity contribution in [3.8, 4) is 0 Å². The van der Waals surface area contributed by atoms with Crippen LogP contribution in [0.3, 0.4) is 0 Å². The molecule has 0 aliphatic heterocycles. The van der Waals surface area contributed by atoms with Crippen molar-refractivity contribution in [2.75, 3.05) is 40.5 Å². The highest BCUT2D eigenvalue weighted by molar-refractivity contribution is 14.0. The lowest BCUT2D eigenvalue weighted by atomic mass is 10.2. The first-order chi connectivity index (χ1) is 11.1. The molecule has 0 saturated heterocycles. The molecule has 1 heterocycles. The molecule has 0 aliphatic carbocycles. The van der Waals surface area contributed by atoms with Crippen LogP contribution in [0, 0.1) is 13.8 Å². The number of aryl methyl sites for hydroxylation is 2. The van der Waals surface area contributed by atoms with Crippen molar-refractivity contribution >= 4 is 29.9 Å². The highest BCUT2D eigenvalue weighted by Gasteiger charge is 2.09. The first kappa shape index (κ1) is 23.1. The van der Waals surface area contributed by atoms with E-state index in [2.05, 4.69) is 27.6 Å². The Balaban J connectivity index is 0.00000529. The number of hydrogen-bond acceptors (Lipinski definition) is 4. The van der Waals surface area contributed by atoms with E-state index >= 15 is 0 Å². The summed E-state index contributed by atoms with van der Waals surface area (Å²) in [4.78, 5) is 4.25. The largest absolute Gasteiger partial charge is 0.382 e. The van der Waals surface area contributed by atoms with Gasteiger partial charge in [-0.25, -0.2) is 0 Å². The number of unbranched alkanes of at least 4 members (excludes halogenated alkanes) is 1. The third kappa shape index (κ3) is 8.29. The van der Waals surface area contributed by atoms with Crippen molar-refractivity contribution < 1.29 is 9.47 Å². The molecule has 0 bridgehead atoms. The van der Waals surface area contributed by atoms with Gasteiger partial charge in [-0.2, -0.15) is 5.10 Å². The Hall–Kier alpha value is -0.870. The van der Waals surface area contributed by atoms with Crippen LogP contribution in [0.25, 0.3) is 0 Å². The van der Waals surface area contributed by atoms with Crippen LogP contribution in [0.1, 0.15) is 29.8 Å². The topological polar surface area (TPSA) is 72.7 Å². The van der Waals surface area contributed by atoms with Gasteiger partial charge in [0.05, 0.1) is 18.9 Å². The number of aromatic nitrogens is 2. The fourth-order valence-corrected chi connectivity index (χ4v) is 2.25. The molecule has 1 rings (SSSR count). The minimum Gasteiger partial charge on any atom is -0.382 e. The van der Waals surface area contributed by atoms with Crippen LogP contribution in [-0.4, -0.2) is 56.3 Å². The molecule has 0 aromatic carbocycles. The van der Waals surface area contributed by atoms with E-state index < -0.39 is 0 Å². The summed E-state index contributed by atoms with van der Waals surface area (Å²) < 4.78 is 12.3. The molecule has 1 aromatic rings. The molecule has 0 amide bonds. The molecule has 1 aromatic heterocycles. The molecule has 0 unspecified atom stereocenters. The van der Waals surface area contributed by atoms with Crippen molar-refractivity contribution in [2.45, 2.75) is 33.2 Å². The Morgan fingerprint density at radius 3 is 2.50 bits per heavy atom. The van der Waals surface area contributed by atoms with Gasteiger partial charge in [-0.15, -0.1) is 24.0 Å². The van der Waals surface area contributed by atoms with Crippen molar-refractivity contribution in [1.29, 1.82) is 0 Å². The Labute approximate surface area is 162 Å². The molecule has 24 heavy (non-hydrogen) atoms. The van der Waals surface area contributed by atoms with Gasteiger partial charge in [0, 0.05) is 52.2 Å². The van der Waals surface area contributed by atoms with E-state index in [1.807, 2.05) is 18.7 Å². The van der Waals surface area contributed by atoms with E-state index in [0.717, 1.165) is 44.2 Å². The predicted molar refractivity (Wildman–Crippen MR) is 108 cm³/mol. The highest BCUT2D eigenvalue weighted by Crippen LogP contribution is 2.10. The molecule has 0 saturated carbocycles. The predicted octanol–water partition coefficient (Wildman–Crippen LogP) is 1.76. The molecule has 2 N–H and O–H groups in total.